The van der Waals surface area contributed by atoms with Gasteiger partial charge in [-0.3, -0.25) is 4.90 Å². The Kier molecular flexibility index (Phi) is 6.51. The van der Waals surface area contributed by atoms with E-state index in [2.05, 4.69) is 31.0 Å². The molecule has 2 aliphatic rings. The van der Waals surface area contributed by atoms with Gasteiger partial charge in [0.2, 0.25) is 0 Å². The van der Waals surface area contributed by atoms with Crippen LogP contribution >= 0.6 is 0 Å². The molecule has 3 heteroatoms. The van der Waals surface area contributed by atoms with E-state index >= 15 is 0 Å². The van der Waals surface area contributed by atoms with Gasteiger partial charge >= 0.3 is 0 Å². The molecule has 0 spiro atoms. The molecule has 1 saturated heterocycles. The highest BCUT2D eigenvalue weighted by Crippen LogP contribution is 2.38. The Morgan fingerprint density at radius 2 is 1.86 bits per heavy atom. The third-order valence-corrected chi connectivity index (χ3v) is 6.08. The summed E-state index contributed by atoms with van der Waals surface area (Å²) >= 11 is 0. The van der Waals surface area contributed by atoms with E-state index in [-0.39, 0.29) is 5.54 Å². The van der Waals surface area contributed by atoms with Crippen molar-refractivity contribution in [2.75, 3.05) is 19.7 Å². The normalized spacial score (nSPS) is 38.0. The molecule has 4 atom stereocenters. The highest BCUT2D eigenvalue weighted by atomic mass is 16.3. The van der Waals surface area contributed by atoms with Crippen LogP contribution in [0, 0.1) is 5.92 Å². The summed E-state index contributed by atoms with van der Waals surface area (Å²) in [7, 11) is 0. The van der Waals surface area contributed by atoms with E-state index in [0.29, 0.717) is 12.5 Å². The monoisotopic (exact) mass is 296 g/mol. The molecule has 0 radical (unpaired) electrons. The average Bonchev–Trinajstić information content (AvgIpc) is 2.88. The number of nitrogens with one attached hydrogen (secondary N) is 1. The average molecular weight is 296 g/mol. The Balaban J connectivity index is 1.91. The SMILES string of the molecule is CCCNC1(CO)CCCC1CCN1[C@H](C)CCC[C@@H]1C. The first-order valence-corrected chi connectivity index (χ1v) is 9.24. The topological polar surface area (TPSA) is 35.5 Å². The van der Waals surface area contributed by atoms with Gasteiger partial charge in [0, 0.05) is 17.6 Å². The lowest BCUT2D eigenvalue weighted by Gasteiger charge is -2.41. The van der Waals surface area contributed by atoms with Crippen molar-refractivity contribution in [2.24, 2.45) is 5.92 Å². The van der Waals surface area contributed by atoms with Crippen LogP contribution in [0.1, 0.15) is 72.1 Å². The van der Waals surface area contributed by atoms with E-state index in [1.165, 1.54) is 45.1 Å². The van der Waals surface area contributed by atoms with Crippen molar-refractivity contribution >= 4 is 0 Å². The van der Waals surface area contributed by atoms with Gasteiger partial charge in [-0.1, -0.05) is 19.8 Å². The second-order valence-corrected chi connectivity index (χ2v) is 7.49. The molecule has 0 aromatic rings. The summed E-state index contributed by atoms with van der Waals surface area (Å²) in [6, 6.07) is 1.48. The van der Waals surface area contributed by atoms with Crippen molar-refractivity contribution in [3.8, 4) is 0 Å². The largest absolute Gasteiger partial charge is 0.394 e. The molecule has 0 bridgehead atoms. The quantitative estimate of drug-likeness (QED) is 0.757. The molecule has 2 rings (SSSR count). The first kappa shape index (κ1) is 17.2. The van der Waals surface area contributed by atoms with Crippen LogP contribution < -0.4 is 5.32 Å². The minimum absolute atomic E-state index is 0.0122. The number of piperidine rings is 1. The molecule has 124 valence electrons. The fourth-order valence-corrected chi connectivity index (χ4v) is 4.66. The highest BCUT2D eigenvalue weighted by Gasteiger charge is 2.41. The van der Waals surface area contributed by atoms with Crippen LogP contribution in [0.25, 0.3) is 0 Å². The van der Waals surface area contributed by atoms with Crippen LogP contribution in [0.2, 0.25) is 0 Å². The number of aliphatic hydroxyl groups excluding tert-OH is 1. The van der Waals surface area contributed by atoms with Crippen LogP contribution in [-0.4, -0.2) is 47.3 Å². The summed E-state index contributed by atoms with van der Waals surface area (Å²) in [5.41, 5.74) is 0.0122. The number of hydrogen-bond donors (Lipinski definition) is 2. The lowest BCUT2D eigenvalue weighted by molar-refractivity contribution is 0.0739. The molecule has 1 heterocycles. The fourth-order valence-electron chi connectivity index (χ4n) is 4.66. The lowest BCUT2D eigenvalue weighted by Crippen LogP contribution is -2.53. The zero-order valence-electron chi connectivity index (χ0n) is 14.4. The van der Waals surface area contributed by atoms with Crippen LogP contribution in [0.15, 0.2) is 0 Å². The van der Waals surface area contributed by atoms with Gasteiger partial charge in [-0.15, -0.1) is 0 Å². The Morgan fingerprint density at radius 3 is 2.48 bits per heavy atom. The molecular weight excluding hydrogens is 260 g/mol. The maximum Gasteiger partial charge on any atom is 0.0616 e. The minimum atomic E-state index is 0.0122. The summed E-state index contributed by atoms with van der Waals surface area (Å²) in [5.74, 6) is 0.648. The third kappa shape index (κ3) is 4.00. The van der Waals surface area contributed by atoms with Gasteiger partial charge in [-0.05, 0) is 71.4 Å². The molecule has 3 nitrogen and oxygen atoms in total. The van der Waals surface area contributed by atoms with Gasteiger partial charge in [0.1, 0.15) is 0 Å². The molecule has 0 aromatic carbocycles. The van der Waals surface area contributed by atoms with Crippen molar-refractivity contribution in [1.29, 1.82) is 0 Å². The minimum Gasteiger partial charge on any atom is -0.394 e. The van der Waals surface area contributed by atoms with Gasteiger partial charge in [-0.25, -0.2) is 0 Å². The van der Waals surface area contributed by atoms with Gasteiger partial charge < -0.3 is 10.4 Å². The molecular formula is C18H36N2O. The van der Waals surface area contributed by atoms with Crippen molar-refractivity contribution in [3.63, 3.8) is 0 Å². The number of nitrogens with zero attached hydrogens (tertiary/aromatic N) is 1. The van der Waals surface area contributed by atoms with E-state index < -0.39 is 0 Å². The second kappa shape index (κ2) is 7.94. The highest BCUT2D eigenvalue weighted by molar-refractivity contribution is 4.99. The van der Waals surface area contributed by atoms with Crippen LogP contribution in [0.4, 0.5) is 0 Å². The lowest BCUT2D eigenvalue weighted by atomic mass is 9.84. The number of likely N-dealkylation sites (tertiary alicyclic amines) is 1. The van der Waals surface area contributed by atoms with Crippen molar-refractivity contribution in [3.05, 3.63) is 0 Å². The summed E-state index contributed by atoms with van der Waals surface area (Å²) in [5, 5.41) is 13.7. The van der Waals surface area contributed by atoms with Gasteiger partial charge in [0.15, 0.2) is 0 Å². The van der Waals surface area contributed by atoms with E-state index in [0.717, 1.165) is 31.5 Å². The number of rotatable bonds is 7. The zero-order valence-corrected chi connectivity index (χ0v) is 14.4. The van der Waals surface area contributed by atoms with Crippen LogP contribution in [0.5, 0.6) is 0 Å². The molecule has 1 aliphatic heterocycles. The van der Waals surface area contributed by atoms with E-state index in [4.69, 9.17) is 0 Å². The molecule has 1 aliphatic carbocycles. The maximum absolute atomic E-state index is 9.98. The summed E-state index contributed by atoms with van der Waals surface area (Å²) < 4.78 is 0. The Bertz CT molecular complexity index is 300. The summed E-state index contributed by atoms with van der Waals surface area (Å²) in [4.78, 5) is 2.71. The van der Waals surface area contributed by atoms with Crippen LogP contribution in [0.3, 0.4) is 0 Å². The fraction of sp³-hybridized carbons (Fsp3) is 1.00. The Morgan fingerprint density at radius 1 is 1.14 bits per heavy atom. The molecule has 0 aromatic heterocycles. The molecule has 1 saturated carbocycles. The predicted molar refractivity (Wildman–Crippen MR) is 89.5 cm³/mol. The van der Waals surface area contributed by atoms with E-state index in [9.17, 15) is 5.11 Å². The summed E-state index contributed by atoms with van der Waals surface area (Å²) in [6.07, 6.45) is 10.2. The second-order valence-electron chi connectivity index (χ2n) is 7.49. The van der Waals surface area contributed by atoms with E-state index in [1.807, 2.05) is 0 Å². The zero-order chi connectivity index (χ0) is 15.3. The predicted octanol–water partition coefficient (Wildman–Crippen LogP) is 3.17. The molecule has 2 N–H and O–H groups in total. The molecule has 2 unspecified atom stereocenters. The molecule has 21 heavy (non-hydrogen) atoms. The van der Waals surface area contributed by atoms with Gasteiger partial charge in [-0.2, -0.15) is 0 Å². The van der Waals surface area contributed by atoms with Crippen molar-refractivity contribution < 1.29 is 5.11 Å². The molecule has 0 amide bonds. The first-order valence-electron chi connectivity index (χ1n) is 9.24. The third-order valence-electron chi connectivity index (χ3n) is 6.08. The van der Waals surface area contributed by atoms with Gasteiger partial charge in [0.05, 0.1) is 6.61 Å². The van der Waals surface area contributed by atoms with Crippen molar-refractivity contribution in [1.82, 2.24) is 10.2 Å². The maximum atomic E-state index is 9.98. The van der Waals surface area contributed by atoms with Gasteiger partial charge in [0.25, 0.3) is 0 Å². The molecule has 2 fully saturated rings. The summed E-state index contributed by atoms with van der Waals surface area (Å²) in [6.45, 7) is 9.54. The Hall–Kier alpha value is -0.120. The standard InChI is InChI=1S/C18H36N2O/c1-4-12-19-18(14-21)11-6-9-17(18)10-13-20-15(2)7-5-8-16(20)3/h15-17,19,21H,4-14H2,1-3H3/t15-,16+,17?,18?. The smallest absolute Gasteiger partial charge is 0.0616 e. The number of hydrogen-bond acceptors (Lipinski definition) is 3. The number of aliphatic hydroxyl groups is 1. The van der Waals surface area contributed by atoms with Crippen LogP contribution in [-0.2, 0) is 0 Å². The van der Waals surface area contributed by atoms with Crippen molar-refractivity contribution in [2.45, 2.75) is 89.8 Å². The van der Waals surface area contributed by atoms with E-state index in [1.54, 1.807) is 0 Å². The Labute approximate surface area is 131 Å². The first-order chi connectivity index (χ1) is 10.1.